The van der Waals surface area contributed by atoms with E-state index < -0.39 is 32.8 Å². The third kappa shape index (κ3) is 4.93. The Morgan fingerprint density at radius 1 is 1.00 bits per heavy atom. The van der Waals surface area contributed by atoms with Crippen LogP contribution >= 0.6 is 0 Å². The molecule has 0 radical (unpaired) electrons. The van der Waals surface area contributed by atoms with Crippen LogP contribution in [0, 0.1) is 0 Å². The van der Waals surface area contributed by atoms with Crippen molar-refractivity contribution in [3.05, 3.63) is 60.2 Å². The number of carbonyl (C=O) groups is 1. The highest BCUT2D eigenvalue weighted by molar-refractivity contribution is 7.89. The lowest BCUT2D eigenvalue weighted by Crippen LogP contribution is -2.53. The van der Waals surface area contributed by atoms with Gasteiger partial charge in [0.2, 0.25) is 10.0 Å². The summed E-state index contributed by atoms with van der Waals surface area (Å²) in [6.07, 6.45) is -5.38. The van der Waals surface area contributed by atoms with Crippen molar-refractivity contribution in [2.45, 2.75) is 24.1 Å². The minimum Gasteiger partial charge on any atom is -0.481 e. The van der Waals surface area contributed by atoms with Crippen molar-refractivity contribution >= 4 is 15.9 Å². The molecule has 0 saturated carbocycles. The molecular formula is C20H21F3N2O4S. The Kier molecular flexibility index (Phi) is 6.37. The number of sulfonamides is 1. The van der Waals surface area contributed by atoms with Gasteiger partial charge < -0.3 is 9.64 Å². The Bertz CT molecular complexity index is 989. The molecule has 10 heteroatoms. The summed E-state index contributed by atoms with van der Waals surface area (Å²) in [5.74, 6) is 0.263. The molecule has 6 nitrogen and oxygen atoms in total. The molecule has 0 aliphatic carbocycles. The molecule has 1 fully saturated rings. The van der Waals surface area contributed by atoms with E-state index in [0.29, 0.717) is 11.8 Å². The van der Waals surface area contributed by atoms with Crippen molar-refractivity contribution in [3.63, 3.8) is 0 Å². The SMILES string of the molecule is CC(Oc1ccccc1)C(=O)N1CCN(S(=O)(=O)c2cccc(C(F)(F)F)c2)CC1. The number of piperazine rings is 1. The van der Waals surface area contributed by atoms with Gasteiger partial charge in [0.1, 0.15) is 5.75 Å². The van der Waals surface area contributed by atoms with E-state index >= 15 is 0 Å². The molecule has 0 aromatic heterocycles. The predicted molar refractivity (Wildman–Crippen MR) is 103 cm³/mol. The third-order valence-electron chi connectivity index (χ3n) is 4.75. The summed E-state index contributed by atoms with van der Waals surface area (Å²) in [5.41, 5.74) is -1.02. The first-order chi connectivity index (χ1) is 14.1. The van der Waals surface area contributed by atoms with Crippen LogP contribution in [0.1, 0.15) is 12.5 Å². The minimum absolute atomic E-state index is 0.0115. The minimum atomic E-state index is -4.63. The summed E-state index contributed by atoms with van der Waals surface area (Å²) < 4.78 is 70.9. The number of rotatable bonds is 5. The van der Waals surface area contributed by atoms with Gasteiger partial charge in [-0.25, -0.2) is 8.42 Å². The largest absolute Gasteiger partial charge is 0.481 e. The normalized spacial score (nSPS) is 16.9. The fourth-order valence-electron chi connectivity index (χ4n) is 3.14. The molecule has 1 aliphatic heterocycles. The van der Waals surface area contributed by atoms with E-state index in [2.05, 4.69) is 0 Å². The number of para-hydroxylation sites is 1. The predicted octanol–water partition coefficient (Wildman–Crippen LogP) is 3.01. The molecule has 0 spiro atoms. The fraction of sp³-hybridized carbons (Fsp3) is 0.350. The first-order valence-electron chi connectivity index (χ1n) is 9.27. The number of amides is 1. The Balaban J connectivity index is 1.64. The second-order valence-corrected chi connectivity index (χ2v) is 8.77. The van der Waals surface area contributed by atoms with Crippen molar-refractivity contribution in [1.82, 2.24) is 9.21 Å². The van der Waals surface area contributed by atoms with E-state index in [1.807, 2.05) is 6.07 Å². The maximum atomic E-state index is 12.9. The second-order valence-electron chi connectivity index (χ2n) is 6.83. The van der Waals surface area contributed by atoms with Gasteiger partial charge in [0, 0.05) is 26.2 Å². The van der Waals surface area contributed by atoms with Crippen LogP contribution in [0.15, 0.2) is 59.5 Å². The summed E-state index contributed by atoms with van der Waals surface area (Å²) in [4.78, 5) is 13.7. The van der Waals surface area contributed by atoms with Gasteiger partial charge >= 0.3 is 6.18 Å². The average Bonchev–Trinajstić information content (AvgIpc) is 2.73. The molecule has 1 atom stereocenters. The molecule has 1 amide bonds. The van der Waals surface area contributed by atoms with Gasteiger partial charge in [-0.1, -0.05) is 24.3 Å². The third-order valence-corrected chi connectivity index (χ3v) is 6.65. The number of halogens is 3. The quantitative estimate of drug-likeness (QED) is 0.714. The maximum absolute atomic E-state index is 12.9. The first-order valence-corrected chi connectivity index (χ1v) is 10.7. The molecule has 1 aliphatic rings. The zero-order chi connectivity index (χ0) is 21.9. The number of ether oxygens (including phenoxy) is 1. The van der Waals surface area contributed by atoms with Crippen molar-refractivity contribution in [2.75, 3.05) is 26.2 Å². The van der Waals surface area contributed by atoms with E-state index in [0.717, 1.165) is 22.5 Å². The van der Waals surface area contributed by atoms with Crippen LogP contribution in [0.3, 0.4) is 0 Å². The van der Waals surface area contributed by atoms with Crippen molar-refractivity contribution in [3.8, 4) is 5.75 Å². The van der Waals surface area contributed by atoms with Crippen LogP contribution in [0.5, 0.6) is 5.75 Å². The van der Waals surface area contributed by atoms with E-state index in [4.69, 9.17) is 4.74 Å². The van der Waals surface area contributed by atoms with Crippen LogP contribution in [-0.2, 0) is 21.0 Å². The Labute approximate surface area is 172 Å². The van der Waals surface area contributed by atoms with Gasteiger partial charge in [-0.05, 0) is 37.3 Å². The first kappa shape index (κ1) is 22.1. The Hall–Kier alpha value is -2.59. The molecule has 1 saturated heterocycles. The highest BCUT2D eigenvalue weighted by Gasteiger charge is 2.35. The molecule has 1 unspecified atom stereocenters. The van der Waals surface area contributed by atoms with Gasteiger partial charge in [0.05, 0.1) is 10.5 Å². The summed E-state index contributed by atoms with van der Waals surface area (Å²) in [6, 6.07) is 12.5. The summed E-state index contributed by atoms with van der Waals surface area (Å²) in [7, 11) is -4.10. The van der Waals surface area contributed by atoms with Crippen molar-refractivity contribution < 1.29 is 31.1 Å². The molecule has 0 bridgehead atoms. The van der Waals surface area contributed by atoms with Crippen molar-refractivity contribution in [2.24, 2.45) is 0 Å². The van der Waals surface area contributed by atoms with Gasteiger partial charge in [0.25, 0.3) is 5.91 Å². The molecule has 162 valence electrons. The summed E-state index contributed by atoms with van der Waals surface area (Å²) >= 11 is 0. The van der Waals surface area contributed by atoms with E-state index in [1.54, 1.807) is 31.2 Å². The van der Waals surface area contributed by atoms with Crippen LogP contribution in [0.4, 0.5) is 13.2 Å². The van der Waals surface area contributed by atoms with Gasteiger partial charge in [-0.15, -0.1) is 0 Å². The monoisotopic (exact) mass is 442 g/mol. The number of alkyl halides is 3. The fourth-order valence-corrected chi connectivity index (χ4v) is 4.61. The summed E-state index contributed by atoms with van der Waals surface area (Å²) in [5, 5.41) is 0. The molecular weight excluding hydrogens is 421 g/mol. The number of hydrogen-bond donors (Lipinski definition) is 0. The van der Waals surface area contributed by atoms with Gasteiger partial charge in [-0.2, -0.15) is 17.5 Å². The number of nitrogens with zero attached hydrogens (tertiary/aromatic N) is 2. The smallest absolute Gasteiger partial charge is 0.416 e. The zero-order valence-corrected chi connectivity index (χ0v) is 17.0. The number of benzene rings is 2. The summed E-state index contributed by atoms with van der Waals surface area (Å²) in [6.45, 7) is 1.84. The van der Waals surface area contributed by atoms with Gasteiger partial charge in [0.15, 0.2) is 6.10 Å². The van der Waals surface area contributed by atoms with Crippen molar-refractivity contribution in [1.29, 1.82) is 0 Å². The Morgan fingerprint density at radius 3 is 2.23 bits per heavy atom. The van der Waals surface area contributed by atoms with Crippen LogP contribution in [0.25, 0.3) is 0 Å². The second kappa shape index (κ2) is 8.65. The topological polar surface area (TPSA) is 66.9 Å². The van der Waals surface area contributed by atoms with Crippen LogP contribution in [0.2, 0.25) is 0 Å². The van der Waals surface area contributed by atoms with Crippen LogP contribution in [-0.4, -0.2) is 55.8 Å². The standard InChI is InChI=1S/C20H21F3N2O4S/c1-15(29-17-7-3-2-4-8-17)19(26)24-10-12-25(13-11-24)30(27,28)18-9-5-6-16(14-18)20(21,22)23/h2-9,14-15H,10-13H2,1H3. The highest BCUT2D eigenvalue weighted by Crippen LogP contribution is 2.31. The molecule has 3 rings (SSSR count). The Morgan fingerprint density at radius 2 is 1.63 bits per heavy atom. The number of hydrogen-bond acceptors (Lipinski definition) is 4. The van der Waals surface area contributed by atoms with Crippen LogP contribution < -0.4 is 4.74 Å². The molecule has 1 heterocycles. The molecule has 30 heavy (non-hydrogen) atoms. The lowest BCUT2D eigenvalue weighted by atomic mass is 10.2. The van der Waals surface area contributed by atoms with E-state index in [1.165, 1.54) is 4.90 Å². The highest BCUT2D eigenvalue weighted by atomic mass is 32.2. The lowest BCUT2D eigenvalue weighted by molar-refractivity contribution is -0.139. The molecule has 2 aromatic carbocycles. The zero-order valence-electron chi connectivity index (χ0n) is 16.2. The average molecular weight is 442 g/mol. The molecule has 0 N–H and O–H groups in total. The van der Waals surface area contributed by atoms with Gasteiger partial charge in [-0.3, -0.25) is 4.79 Å². The maximum Gasteiger partial charge on any atom is 0.416 e. The molecule has 2 aromatic rings. The van der Waals surface area contributed by atoms with E-state index in [9.17, 15) is 26.4 Å². The lowest BCUT2D eigenvalue weighted by Gasteiger charge is -2.35. The number of carbonyl (C=O) groups excluding carboxylic acids is 1. The van der Waals surface area contributed by atoms with E-state index in [-0.39, 0.29) is 32.1 Å².